The highest BCUT2D eigenvalue weighted by atomic mass is 35.5. The topological polar surface area (TPSA) is 73.6 Å². The number of halogens is 1. The number of ether oxygens (including phenoxy) is 2. The second-order valence-corrected chi connectivity index (χ2v) is 6.33. The lowest BCUT2D eigenvalue weighted by Crippen LogP contribution is -2.49. The molecule has 26 heavy (non-hydrogen) atoms. The van der Waals surface area contributed by atoms with Crippen molar-refractivity contribution in [1.82, 2.24) is 5.32 Å². The predicted molar refractivity (Wildman–Crippen MR) is 106 cm³/mol. The number of hydrogen-bond donors (Lipinski definition) is 2. The third-order valence-electron chi connectivity index (χ3n) is 4.43. The second-order valence-electron chi connectivity index (χ2n) is 6.33. The van der Waals surface area contributed by atoms with Crippen molar-refractivity contribution in [3.05, 3.63) is 59.2 Å². The maximum absolute atomic E-state index is 12.7. The largest absolute Gasteiger partial charge is 0.493 e. The van der Waals surface area contributed by atoms with Gasteiger partial charge in [0, 0.05) is 0 Å². The van der Waals surface area contributed by atoms with Gasteiger partial charge >= 0.3 is 0 Å². The van der Waals surface area contributed by atoms with Crippen LogP contribution in [0, 0.1) is 6.92 Å². The fourth-order valence-corrected chi connectivity index (χ4v) is 2.80. The summed E-state index contributed by atoms with van der Waals surface area (Å²) >= 11 is 0. The summed E-state index contributed by atoms with van der Waals surface area (Å²) in [5.74, 6) is 1.05. The minimum absolute atomic E-state index is 0. The summed E-state index contributed by atoms with van der Waals surface area (Å²) < 4.78 is 10.7. The molecule has 2 unspecified atom stereocenters. The van der Waals surface area contributed by atoms with Crippen molar-refractivity contribution in [2.45, 2.75) is 32.4 Å². The number of amides is 1. The van der Waals surface area contributed by atoms with E-state index in [-0.39, 0.29) is 24.4 Å². The van der Waals surface area contributed by atoms with E-state index in [4.69, 9.17) is 15.2 Å². The smallest absolute Gasteiger partial charge is 0.244 e. The van der Waals surface area contributed by atoms with Gasteiger partial charge in [0.15, 0.2) is 11.5 Å². The molecule has 0 bridgehead atoms. The molecule has 0 heterocycles. The Balaban J connectivity index is 0.00000338. The van der Waals surface area contributed by atoms with Crippen molar-refractivity contribution in [2.75, 3.05) is 14.2 Å². The van der Waals surface area contributed by atoms with Crippen LogP contribution in [0.15, 0.2) is 42.5 Å². The van der Waals surface area contributed by atoms with Crippen molar-refractivity contribution >= 4 is 18.3 Å². The Bertz CT molecular complexity index is 748. The number of aryl methyl sites for hydroxylation is 1. The number of carbonyl (C=O) groups is 1. The summed E-state index contributed by atoms with van der Waals surface area (Å²) in [6.45, 7) is 5.61. The molecule has 0 radical (unpaired) electrons. The van der Waals surface area contributed by atoms with Crippen molar-refractivity contribution in [1.29, 1.82) is 0 Å². The van der Waals surface area contributed by atoms with E-state index in [1.165, 1.54) is 0 Å². The first-order valence-corrected chi connectivity index (χ1v) is 8.19. The molecule has 0 aromatic heterocycles. The first kappa shape index (κ1) is 21.8. The molecule has 5 nitrogen and oxygen atoms in total. The van der Waals surface area contributed by atoms with Gasteiger partial charge in [0.25, 0.3) is 0 Å². The second kappa shape index (κ2) is 8.92. The molecule has 0 aliphatic carbocycles. The molecule has 0 aliphatic heterocycles. The molecule has 2 aromatic rings. The van der Waals surface area contributed by atoms with Crippen LogP contribution in [0.3, 0.4) is 0 Å². The molecule has 2 aromatic carbocycles. The van der Waals surface area contributed by atoms with Crippen molar-refractivity contribution < 1.29 is 14.3 Å². The number of benzene rings is 2. The highest BCUT2D eigenvalue weighted by molar-refractivity contribution is 5.87. The van der Waals surface area contributed by atoms with Gasteiger partial charge in [-0.25, -0.2) is 0 Å². The molecule has 2 rings (SSSR count). The lowest BCUT2D eigenvalue weighted by Gasteiger charge is -2.27. The fourth-order valence-electron chi connectivity index (χ4n) is 2.80. The van der Waals surface area contributed by atoms with Crippen LogP contribution in [-0.2, 0) is 10.3 Å². The summed E-state index contributed by atoms with van der Waals surface area (Å²) in [6.07, 6.45) is 0. The average molecular weight is 379 g/mol. The third kappa shape index (κ3) is 4.48. The van der Waals surface area contributed by atoms with Gasteiger partial charge in [0.2, 0.25) is 5.91 Å². The average Bonchev–Trinajstić information content (AvgIpc) is 2.61. The van der Waals surface area contributed by atoms with Gasteiger partial charge in [-0.2, -0.15) is 0 Å². The predicted octanol–water partition coefficient (Wildman–Crippen LogP) is 3.49. The maximum Gasteiger partial charge on any atom is 0.244 e. The van der Waals surface area contributed by atoms with Gasteiger partial charge in [-0.15, -0.1) is 12.4 Å². The zero-order valence-corrected chi connectivity index (χ0v) is 16.6. The fraction of sp³-hybridized carbons (Fsp3) is 0.350. The zero-order valence-electron chi connectivity index (χ0n) is 15.8. The molecule has 142 valence electrons. The quantitative estimate of drug-likeness (QED) is 0.807. The van der Waals surface area contributed by atoms with Gasteiger partial charge in [-0.3, -0.25) is 4.79 Å². The Morgan fingerprint density at radius 1 is 1.12 bits per heavy atom. The third-order valence-corrected chi connectivity index (χ3v) is 4.43. The van der Waals surface area contributed by atoms with Crippen LogP contribution >= 0.6 is 12.4 Å². The molecule has 6 heteroatoms. The van der Waals surface area contributed by atoms with E-state index >= 15 is 0 Å². The van der Waals surface area contributed by atoms with Gasteiger partial charge in [0.1, 0.15) is 5.54 Å². The van der Waals surface area contributed by atoms with Gasteiger partial charge in [0.05, 0.1) is 20.3 Å². The molecule has 0 saturated heterocycles. The van der Waals surface area contributed by atoms with E-state index in [0.29, 0.717) is 11.5 Å². The van der Waals surface area contributed by atoms with Gasteiger partial charge < -0.3 is 20.5 Å². The SMILES string of the molecule is COc1cc(C)c(C(C)NC(=O)C(C)(N)c2ccccc2)cc1OC.Cl. The lowest BCUT2D eigenvalue weighted by atomic mass is 9.91. The molecule has 0 fully saturated rings. The van der Waals surface area contributed by atoms with Crippen LogP contribution in [0.4, 0.5) is 0 Å². The minimum atomic E-state index is -1.11. The van der Waals surface area contributed by atoms with E-state index in [9.17, 15) is 4.79 Å². The molecule has 0 aliphatic rings. The van der Waals surface area contributed by atoms with Crippen LogP contribution in [0.1, 0.15) is 36.6 Å². The summed E-state index contributed by atoms with van der Waals surface area (Å²) in [4.78, 5) is 12.7. The monoisotopic (exact) mass is 378 g/mol. The van der Waals surface area contributed by atoms with Crippen LogP contribution in [0.5, 0.6) is 11.5 Å². The van der Waals surface area contributed by atoms with Gasteiger partial charge in [-0.05, 0) is 49.6 Å². The van der Waals surface area contributed by atoms with Crippen LogP contribution in [0.25, 0.3) is 0 Å². The Morgan fingerprint density at radius 2 is 1.65 bits per heavy atom. The highest BCUT2D eigenvalue weighted by Crippen LogP contribution is 2.33. The van der Waals surface area contributed by atoms with Crippen LogP contribution in [-0.4, -0.2) is 20.1 Å². The molecule has 2 atom stereocenters. The summed E-state index contributed by atoms with van der Waals surface area (Å²) in [5, 5.41) is 3.00. The number of rotatable bonds is 6. The number of nitrogens with one attached hydrogen (secondary N) is 1. The standard InChI is InChI=1S/C20H26N2O3.ClH/c1-13-11-17(24-4)18(25-5)12-16(13)14(2)22-19(23)20(3,21)15-9-7-6-8-10-15;/h6-12,14H,21H2,1-5H3,(H,22,23);1H. The van der Waals surface area contributed by atoms with Gasteiger partial charge in [-0.1, -0.05) is 30.3 Å². The number of methoxy groups -OCH3 is 2. The first-order valence-electron chi connectivity index (χ1n) is 8.19. The highest BCUT2D eigenvalue weighted by Gasteiger charge is 2.31. The molecular weight excluding hydrogens is 352 g/mol. The Labute approximate surface area is 161 Å². The normalized spacial score (nSPS) is 13.8. The zero-order chi connectivity index (χ0) is 18.6. The van der Waals surface area contributed by atoms with E-state index in [1.54, 1.807) is 21.1 Å². The molecule has 1 amide bonds. The van der Waals surface area contributed by atoms with Crippen LogP contribution < -0.4 is 20.5 Å². The van der Waals surface area contributed by atoms with Crippen LogP contribution in [0.2, 0.25) is 0 Å². The lowest BCUT2D eigenvalue weighted by molar-refractivity contribution is -0.126. The maximum atomic E-state index is 12.7. The van der Waals surface area contributed by atoms with Crippen molar-refractivity contribution in [3.63, 3.8) is 0 Å². The number of hydrogen-bond acceptors (Lipinski definition) is 4. The Hall–Kier alpha value is -2.24. The van der Waals surface area contributed by atoms with E-state index < -0.39 is 5.54 Å². The first-order chi connectivity index (χ1) is 11.8. The summed E-state index contributed by atoms with van der Waals surface area (Å²) in [7, 11) is 3.19. The van der Waals surface area contributed by atoms with E-state index in [0.717, 1.165) is 16.7 Å². The molecule has 3 N–H and O–H groups in total. The molecular formula is C20H27ClN2O3. The van der Waals surface area contributed by atoms with E-state index in [2.05, 4.69) is 5.32 Å². The minimum Gasteiger partial charge on any atom is -0.493 e. The van der Waals surface area contributed by atoms with Crippen molar-refractivity contribution in [2.24, 2.45) is 5.73 Å². The number of carbonyl (C=O) groups excluding carboxylic acids is 1. The molecule has 0 spiro atoms. The molecule has 0 saturated carbocycles. The van der Waals surface area contributed by atoms with E-state index in [1.807, 2.05) is 56.3 Å². The van der Waals surface area contributed by atoms with Crippen molar-refractivity contribution in [3.8, 4) is 11.5 Å². The number of nitrogens with two attached hydrogens (primary N) is 1. The Morgan fingerprint density at radius 3 is 2.19 bits per heavy atom. The summed E-state index contributed by atoms with van der Waals surface area (Å²) in [5.41, 5.74) is 7.90. The summed E-state index contributed by atoms with van der Waals surface area (Å²) in [6, 6.07) is 12.9. The Kier molecular flexibility index (Phi) is 7.48.